The maximum Gasteiger partial charge on any atom is 0.242 e. The fraction of sp³-hybridized carbons (Fsp3) is 0.188. The molecule has 7 heteroatoms. The Morgan fingerprint density at radius 3 is 2.39 bits per heavy atom. The van der Waals surface area contributed by atoms with Crippen LogP contribution in [-0.2, 0) is 21.4 Å². The number of hydrogen-bond donors (Lipinski definition) is 2. The van der Waals surface area contributed by atoms with Crippen molar-refractivity contribution in [3.63, 3.8) is 0 Å². The molecule has 5 nitrogen and oxygen atoms in total. The molecule has 0 unspecified atom stereocenters. The van der Waals surface area contributed by atoms with Crippen LogP contribution < -0.4 is 10.0 Å². The lowest BCUT2D eigenvalue weighted by Crippen LogP contribution is -2.36. The molecule has 0 spiro atoms. The van der Waals surface area contributed by atoms with Gasteiger partial charge in [0.05, 0.1) is 11.6 Å². The summed E-state index contributed by atoms with van der Waals surface area (Å²) in [6.45, 7) is 1.97. The first kappa shape index (κ1) is 17.5. The number of aryl methyl sites for hydroxylation is 1. The van der Waals surface area contributed by atoms with Gasteiger partial charge in [0.2, 0.25) is 15.9 Å². The van der Waals surface area contributed by atoms with Crippen molar-refractivity contribution >= 4 is 27.5 Å². The molecule has 0 aromatic heterocycles. The molecule has 23 heavy (non-hydrogen) atoms. The Balaban J connectivity index is 1.89. The van der Waals surface area contributed by atoms with Crippen LogP contribution in [0.5, 0.6) is 0 Å². The van der Waals surface area contributed by atoms with Crippen LogP contribution in [0.2, 0.25) is 5.02 Å². The van der Waals surface area contributed by atoms with Crippen LogP contribution in [-0.4, -0.2) is 20.9 Å². The van der Waals surface area contributed by atoms with Gasteiger partial charge in [0, 0.05) is 6.54 Å². The molecule has 2 aromatic carbocycles. The van der Waals surface area contributed by atoms with E-state index in [1.807, 2.05) is 31.2 Å². The minimum atomic E-state index is -3.82. The molecule has 1 amide bonds. The van der Waals surface area contributed by atoms with Gasteiger partial charge in [-0.1, -0.05) is 53.6 Å². The summed E-state index contributed by atoms with van der Waals surface area (Å²) in [6, 6.07) is 13.8. The minimum Gasteiger partial charge on any atom is -0.351 e. The average Bonchev–Trinajstić information content (AvgIpc) is 2.53. The van der Waals surface area contributed by atoms with Crippen molar-refractivity contribution in [3.05, 3.63) is 64.7 Å². The fourth-order valence-corrected chi connectivity index (χ4v) is 3.37. The van der Waals surface area contributed by atoms with Gasteiger partial charge in [-0.3, -0.25) is 4.79 Å². The highest BCUT2D eigenvalue weighted by Gasteiger charge is 2.18. The monoisotopic (exact) mass is 352 g/mol. The summed E-state index contributed by atoms with van der Waals surface area (Å²) < 4.78 is 26.4. The van der Waals surface area contributed by atoms with Crippen molar-refractivity contribution < 1.29 is 13.2 Å². The van der Waals surface area contributed by atoms with E-state index in [-0.39, 0.29) is 16.5 Å². The van der Waals surface area contributed by atoms with Gasteiger partial charge in [-0.05, 0) is 24.6 Å². The van der Waals surface area contributed by atoms with Gasteiger partial charge < -0.3 is 5.32 Å². The highest BCUT2D eigenvalue weighted by molar-refractivity contribution is 7.89. The Morgan fingerprint density at radius 2 is 1.74 bits per heavy atom. The van der Waals surface area contributed by atoms with Crippen molar-refractivity contribution in [2.24, 2.45) is 0 Å². The maximum absolute atomic E-state index is 12.1. The number of carbonyl (C=O) groups is 1. The van der Waals surface area contributed by atoms with Crippen LogP contribution in [0.3, 0.4) is 0 Å². The molecule has 0 aliphatic heterocycles. The second-order valence-electron chi connectivity index (χ2n) is 5.02. The highest BCUT2D eigenvalue weighted by Crippen LogP contribution is 2.19. The summed E-state index contributed by atoms with van der Waals surface area (Å²) in [5.74, 6) is -0.416. The normalized spacial score (nSPS) is 11.2. The largest absolute Gasteiger partial charge is 0.351 e. The molecule has 0 aliphatic rings. The van der Waals surface area contributed by atoms with Gasteiger partial charge in [-0.15, -0.1) is 0 Å². The molecule has 0 atom stereocenters. The predicted octanol–water partition coefficient (Wildman–Crippen LogP) is 2.24. The quantitative estimate of drug-likeness (QED) is 0.837. The second kappa shape index (κ2) is 7.59. The summed E-state index contributed by atoms with van der Waals surface area (Å²) >= 11 is 5.86. The molecule has 2 rings (SSSR count). The summed E-state index contributed by atoms with van der Waals surface area (Å²) in [4.78, 5) is 11.7. The number of sulfonamides is 1. The molecule has 122 valence electrons. The zero-order valence-corrected chi connectivity index (χ0v) is 14.1. The summed E-state index contributed by atoms with van der Waals surface area (Å²) in [5, 5.41) is 2.77. The van der Waals surface area contributed by atoms with Crippen LogP contribution >= 0.6 is 11.6 Å². The van der Waals surface area contributed by atoms with Gasteiger partial charge in [-0.2, -0.15) is 0 Å². The van der Waals surface area contributed by atoms with Crippen LogP contribution in [0.15, 0.2) is 53.4 Å². The number of carbonyl (C=O) groups excluding carboxylic acids is 1. The third kappa shape index (κ3) is 5.06. The molecule has 0 heterocycles. The third-order valence-electron chi connectivity index (χ3n) is 3.16. The van der Waals surface area contributed by atoms with Gasteiger partial charge in [0.15, 0.2) is 0 Å². The lowest BCUT2D eigenvalue weighted by atomic mass is 10.1. The zero-order valence-electron chi connectivity index (χ0n) is 12.5. The van der Waals surface area contributed by atoms with Gasteiger partial charge >= 0.3 is 0 Å². The van der Waals surface area contributed by atoms with Crippen LogP contribution in [0, 0.1) is 6.92 Å². The molecule has 0 radical (unpaired) electrons. The van der Waals surface area contributed by atoms with E-state index in [1.165, 1.54) is 12.1 Å². The fourth-order valence-electron chi connectivity index (χ4n) is 1.87. The first-order valence-electron chi connectivity index (χ1n) is 6.95. The van der Waals surface area contributed by atoms with E-state index < -0.39 is 15.9 Å². The zero-order chi connectivity index (χ0) is 16.9. The summed E-state index contributed by atoms with van der Waals surface area (Å²) in [5.41, 5.74) is 2.07. The molecule has 0 bridgehead atoms. The lowest BCUT2D eigenvalue weighted by molar-refractivity contribution is -0.120. The van der Waals surface area contributed by atoms with E-state index in [1.54, 1.807) is 12.1 Å². The van der Waals surface area contributed by atoms with Crippen molar-refractivity contribution in [2.75, 3.05) is 6.54 Å². The van der Waals surface area contributed by atoms with Crippen molar-refractivity contribution in [3.8, 4) is 0 Å². The summed E-state index contributed by atoms with van der Waals surface area (Å²) in [7, 11) is -3.82. The molecule has 0 saturated carbocycles. The molecule has 2 N–H and O–H groups in total. The molecule has 0 fully saturated rings. The Morgan fingerprint density at radius 1 is 1.09 bits per heavy atom. The Hall–Kier alpha value is -1.89. The number of amides is 1. The Labute approximate surface area is 140 Å². The molecule has 0 aliphatic carbocycles. The van der Waals surface area contributed by atoms with Crippen LogP contribution in [0.25, 0.3) is 0 Å². The van der Waals surface area contributed by atoms with Crippen molar-refractivity contribution in [2.45, 2.75) is 18.4 Å². The second-order valence-corrected chi connectivity index (χ2v) is 7.16. The highest BCUT2D eigenvalue weighted by atomic mass is 35.5. The van der Waals surface area contributed by atoms with E-state index in [0.29, 0.717) is 6.54 Å². The van der Waals surface area contributed by atoms with Crippen LogP contribution in [0.4, 0.5) is 0 Å². The number of rotatable bonds is 6. The SMILES string of the molecule is Cc1ccc(CNC(=O)CNS(=O)(=O)c2ccccc2Cl)cc1. The standard InChI is InChI=1S/C16H17ClN2O3S/c1-12-6-8-13(9-7-12)10-18-16(20)11-19-23(21,22)15-5-3-2-4-14(15)17/h2-9,19H,10-11H2,1H3,(H,18,20). The van der Waals surface area contributed by atoms with E-state index in [4.69, 9.17) is 11.6 Å². The topological polar surface area (TPSA) is 75.3 Å². The number of halogens is 1. The van der Waals surface area contributed by atoms with Gasteiger partial charge in [0.1, 0.15) is 4.90 Å². The predicted molar refractivity (Wildman–Crippen MR) is 89.7 cm³/mol. The van der Waals surface area contributed by atoms with E-state index in [2.05, 4.69) is 10.0 Å². The lowest BCUT2D eigenvalue weighted by Gasteiger charge is -2.09. The molecular formula is C16H17ClN2O3S. The number of benzene rings is 2. The van der Waals surface area contributed by atoms with E-state index >= 15 is 0 Å². The van der Waals surface area contributed by atoms with Gasteiger partial charge in [-0.25, -0.2) is 13.1 Å². The Bertz CT molecular complexity index is 789. The number of hydrogen-bond acceptors (Lipinski definition) is 3. The average molecular weight is 353 g/mol. The van der Waals surface area contributed by atoms with E-state index in [0.717, 1.165) is 11.1 Å². The minimum absolute atomic E-state index is 0.0481. The molecule has 0 saturated heterocycles. The van der Waals surface area contributed by atoms with E-state index in [9.17, 15) is 13.2 Å². The number of nitrogens with one attached hydrogen (secondary N) is 2. The first-order chi connectivity index (χ1) is 10.9. The first-order valence-corrected chi connectivity index (χ1v) is 8.81. The van der Waals surface area contributed by atoms with Crippen molar-refractivity contribution in [1.82, 2.24) is 10.0 Å². The third-order valence-corrected chi connectivity index (χ3v) is 5.06. The Kier molecular flexibility index (Phi) is 5.76. The van der Waals surface area contributed by atoms with Crippen molar-refractivity contribution in [1.29, 1.82) is 0 Å². The maximum atomic E-state index is 12.1. The van der Waals surface area contributed by atoms with Crippen LogP contribution in [0.1, 0.15) is 11.1 Å². The smallest absolute Gasteiger partial charge is 0.242 e. The van der Waals surface area contributed by atoms with Gasteiger partial charge in [0.25, 0.3) is 0 Å². The molecule has 2 aromatic rings. The molecular weight excluding hydrogens is 336 g/mol. The summed E-state index contributed by atoms with van der Waals surface area (Å²) in [6.07, 6.45) is 0.